The van der Waals surface area contributed by atoms with Crippen molar-refractivity contribution in [1.29, 1.82) is 0 Å². The molecule has 1 aromatic rings. The summed E-state index contributed by atoms with van der Waals surface area (Å²) in [5.74, 6) is 0.976. The van der Waals surface area contributed by atoms with E-state index in [9.17, 15) is 0 Å². The molecule has 5 heteroatoms. The zero-order valence-electron chi connectivity index (χ0n) is 7.79. The number of nitrogens with zero attached hydrogens (tertiary/aromatic N) is 3. The third-order valence-corrected chi connectivity index (χ3v) is 2.80. The van der Waals surface area contributed by atoms with Crippen molar-refractivity contribution in [2.45, 2.75) is 13.5 Å². The molecule has 0 saturated carbocycles. The molecule has 1 aliphatic rings. The molecule has 1 fully saturated rings. The number of nitrogens with one attached hydrogen (secondary N) is 1. The smallest absolute Gasteiger partial charge is 0.156 e. The lowest BCUT2D eigenvalue weighted by Gasteiger charge is -2.25. The van der Waals surface area contributed by atoms with Crippen molar-refractivity contribution in [1.82, 2.24) is 19.6 Å². The van der Waals surface area contributed by atoms with Gasteiger partial charge in [-0.25, -0.2) is 4.98 Å². The number of piperazine rings is 1. The van der Waals surface area contributed by atoms with E-state index in [1.54, 1.807) is 0 Å². The maximum Gasteiger partial charge on any atom is 0.156 e. The Morgan fingerprint density at radius 2 is 2.23 bits per heavy atom. The van der Waals surface area contributed by atoms with Crippen LogP contribution in [0.4, 0.5) is 0 Å². The second-order valence-corrected chi connectivity index (χ2v) is 4.21. The van der Waals surface area contributed by atoms with Crippen molar-refractivity contribution in [2.24, 2.45) is 0 Å². The number of aromatic nitrogens is 2. The van der Waals surface area contributed by atoms with Crippen LogP contribution in [0, 0.1) is 6.92 Å². The average molecular weight is 198 g/mol. The van der Waals surface area contributed by atoms with E-state index < -0.39 is 0 Å². The van der Waals surface area contributed by atoms with Crippen molar-refractivity contribution in [3.63, 3.8) is 0 Å². The van der Waals surface area contributed by atoms with Crippen LogP contribution in [0.2, 0.25) is 0 Å². The van der Waals surface area contributed by atoms with Crippen molar-refractivity contribution in [3.05, 3.63) is 10.8 Å². The summed E-state index contributed by atoms with van der Waals surface area (Å²) in [6.07, 6.45) is 0. The van der Waals surface area contributed by atoms with E-state index in [0.717, 1.165) is 43.6 Å². The minimum atomic E-state index is 0.909. The highest BCUT2D eigenvalue weighted by atomic mass is 32.1. The summed E-state index contributed by atoms with van der Waals surface area (Å²) in [6.45, 7) is 7.30. The first-order chi connectivity index (χ1) is 6.34. The van der Waals surface area contributed by atoms with E-state index in [-0.39, 0.29) is 0 Å². The van der Waals surface area contributed by atoms with Gasteiger partial charge in [-0.3, -0.25) is 4.90 Å². The summed E-state index contributed by atoms with van der Waals surface area (Å²) in [7, 11) is 0. The average Bonchev–Trinajstić information content (AvgIpc) is 2.53. The topological polar surface area (TPSA) is 41.1 Å². The summed E-state index contributed by atoms with van der Waals surface area (Å²) in [4.78, 5) is 6.74. The van der Waals surface area contributed by atoms with Crippen molar-refractivity contribution in [2.75, 3.05) is 26.2 Å². The third kappa shape index (κ3) is 2.46. The van der Waals surface area contributed by atoms with Crippen LogP contribution < -0.4 is 5.32 Å². The van der Waals surface area contributed by atoms with E-state index >= 15 is 0 Å². The van der Waals surface area contributed by atoms with Gasteiger partial charge in [0, 0.05) is 26.2 Å². The lowest BCUT2D eigenvalue weighted by atomic mass is 10.3. The van der Waals surface area contributed by atoms with E-state index in [1.165, 1.54) is 11.5 Å². The Balaban J connectivity index is 1.89. The summed E-state index contributed by atoms with van der Waals surface area (Å²) < 4.78 is 4.28. The van der Waals surface area contributed by atoms with Crippen LogP contribution in [0.15, 0.2) is 0 Å². The molecule has 1 saturated heterocycles. The van der Waals surface area contributed by atoms with Gasteiger partial charge in [0.05, 0.1) is 6.54 Å². The largest absolute Gasteiger partial charge is 0.314 e. The fourth-order valence-corrected chi connectivity index (χ4v) is 1.96. The summed E-state index contributed by atoms with van der Waals surface area (Å²) in [5.41, 5.74) is 0. The molecule has 0 unspecified atom stereocenters. The Hall–Kier alpha value is -0.520. The first-order valence-corrected chi connectivity index (χ1v) is 5.34. The van der Waals surface area contributed by atoms with E-state index in [1.807, 2.05) is 6.92 Å². The highest BCUT2D eigenvalue weighted by Gasteiger charge is 2.11. The van der Waals surface area contributed by atoms with Crippen LogP contribution >= 0.6 is 11.5 Å². The van der Waals surface area contributed by atoms with Crippen molar-refractivity contribution < 1.29 is 0 Å². The molecule has 1 N–H and O–H groups in total. The fraction of sp³-hybridized carbons (Fsp3) is 0.750. The zero-order chi connectivity index (χ0) is 9.10. The molecule has 0 aromatic carbocycles. The third-order valence-electron chi connectivity index (χ3n) is 2.14. The molecule has 0 radical (unpaired) electrons. The molecule has 4 nitrogen and oxygen atoms in total. The molecule has 0 bridgehead atoms. The highest BCUT2D eigenvalue weighted by Crippen LogP contribution is 2.05. The molecule has 72 valence electrons. The number of aryl methyl sites for hydroxylation is 1. The zero-order valence-corrected chi connectivity index (χ0v) is 8.60. The Morgan fingerprint density at radius 1 is 1.46 bits per heavy atom. The molecule has 0 atom stereocenters. The Labute approximate surface area is 82.1 Å². The van der Waals surface area contributed by atoms with E-state index in [0.29, 0.717) is 0 Å². The van der Waals surface area contributed by atoms with Crippen LogP contribution in [-0.4, -0.2) is 40.4 Å². The molecule has 0 spiro atoms. The number of hydrogen-bond donors (Lipinski definition) is 1. The quantitative estimate of drug-likeness (QED) is 0.739. The van der Waals surface area contributed by atoms with Gasteiger partial charge in [-0.2, -0.15) is 4.37 Å². The van der Waals surface area contributed by atoms with Gasteiger partial charge < -0.3 is 5.32 Å². The Morgan fingerprint density at radius 3 is 2.85 bits per heavy atom. The molecular formula is C8H14N4S. The van der Waals surface area contributed by atoms with Crippen LogP contribution in [-0.2, 0) is 6.54 Å². The maximum absolute atomic E-state index is 4.35. The standard InChI is InChI=1S/C8H14N4S/c1-7-10-8(11-13-7)6-12-4-2-9-3-5-12/h9H,2-6H2,1H3. The van der Waals surface area contributed by atoms with Crippen LogP contribution in [0.1, 0.15) is 10.8 Å². The monoisotopic (exact) mass is 198 g/mol. The lowest BCUT2D eigenvalue weighted by molar-refractivity contribution is 0.228. The molecular weight excluding hydrogens is 184 g/mol. The first-order valence-electron chi connectivity index (χ1n) is 4.57. The van der Waals surface area contributed by atoms with Gasteiger partial charge in [0.2, 0.25) is 0 Å². The Bertz CT molecular complexity index is 267. The van der Waals surface area contributed by atoms with Gasteiger partial charge in [0.25, 0.3) is 0 Å². The molecule has 2 rings (SSSR count). The van der Waals surface area contributed by atoms with E-state index in [4.69, 9.17) is 0 Å². The van der Waals surface area contributed by atoms with Gasteiger partial charge in [0.1, 0.15) is 5.01 Å². The van der Waals surface area contributed by atoms with Crippen LogP contribution in [0.3, 0.4) is 0 Å². The Kier molecular flexibility index (Phi) is 2.87. The SMILES string of the molecule is Cc1nc(CN2CCNCC2)ns1. The summed E-state index contributed by atoms with van der Waals surface area (Å²) >= 11 is 1.49. The molecule has 13 heavy (non-hydrogen) atoms. The minimum absolute atomic E-state index is 0.909. The van der Waals surface area contributed by atoms with Gasteiger partial charge in [-0.1, -0.05) is 0 Å². The predicted octanol–water partition coefficient (Wildman–Crippen LogP) is 0.252. The lowest BCUT2D eigenvalue weighted by Crippen LogP contribution is -2.43. The molecule has 1 aliphatic heterocycles. The number of hydrogen-bond acceptors (Lipinski definition) is 5. The van der Waals surface area contributed by atoms with Crippen molar-refractivity contribution in [3.8, 4) is 0 Å². The maximum atomic E-state index is 4.35. The molecule has 0 amide bonds. The van der Waals surface area contributed by atoms with E-state index in [2.05, 4.69) is 19.6 Å². The fourth-order valence-electron chi connectivity index (χ4n) is 1.47. The van der Waals surface area contributed by atoms with Crippen LogP contribution in [0.5, 0.6) is 0 Å². The van der Waals surface area contributed by atoms with Crippen molar-refractivity contribution >= 4 is 11.5 Å². The molecule has 2 heterocycles. The van der Waals surface area contributed by atoms with Gasteiger partial charge in [-0.05, 0) is 18.5 Å². The van der Waals surface area contributed by atoms with Gasteiger partial charge >= 0.3 is 0 Å². The summed E-state index contributed by atoms with van der Waals surface area (Å²) in [5, 5.41) is 4.39. The highest BCUT2D eigenvalue weighted by molar-refractivity contribution is 7.05. The minimum Gasteiger partial charge on any atom is -0.314 e. The predicted molar refractivity (Wildman–Crippen MR) is 52.8 cm³/mol. The summed E-state index contributed by atoms with van der Waals surface area (Å²) in [6, 6.07) is 0. The van der Waals surface area contributed by atoms with Gasteiger partial charge in [-0.15, -0.1) is 0 Å². The number of rotatable bonds is 2. The van der Waals surface area contributed by atoms with Gasteiger partial charge in [0.15, 0.2) is 5.82 Å². The molecule has 0 aliphatic carbocycles. The molecule has 1 aromatic heterocycles. The second kappa shape index (κ2) is 4.13. The second-order valence-electron chi connectivity index (χ2n) is 3.26. The van der Waals surface area contributed by atoms with Crippen LogP contribution in [0.25, 0.3) is 0 Å². The first kappa shape index (κ1) is 9.05. The normalized spacial score (nSPS) is 19.2.